The molecule has 0 bridgehead atoms. The fourth-order valence-corrected chi connectivity index (χ4v) is 0.880. The average Bonchev–Trinajstić information content (AvgIpc) is 2.36. The van der Waals surface area contributed by atoms with Crippen LogP contribution in [0.4, 0.5) is 0 Å². The SMILES string of the molecule is CCOC(=O)C#Cc1cnc(C(=O)OC)nc1. The normalized spacial score (nSPS) is 8.82. The molecule has 0 aliphatic carbocycles. The molecule has 0 aliphatic heterocycles. The van der Waals surface area contributed by atoms with Crippen LogP contribution in [0.5, 0.6) is 0 Å². The van der Waals surface area contributed by atoms with E-state index < -0.39 is 11.9 Å². The molecular weight excluding hydrogens is 224 g/mol. The Morgan fingerprint density at radius 3 is 2.53 bits per heavy atom. The van der Waals surface area contributed by atoms with Crippen LogP contribution in [0.15, 0.2) is 12.4 Å². The predicted octanol–water partition coefficient (Wildman–Crippen LogP) is 0.178. The number of rotatable bonds is 2. The van der Waals surface area contributed by atoms with Gasteiger partial charge in [-0.3, -0.25) is 0 Å². The first kappa shape index (κ1) is 12.6. The Balaban J connectivity index is 2.75. The third kappa shape index (κ3) is 3.91. The van der Waals surface area contributed by atoms with E-state index in [1.54, 1.807) is 6.92 Å². The van der Waals surface area contributed by atoms with Gasteiger partial charge in [0.1, 0.15) is 0 Å². The minimum absolute atomic E-state index is 0.0609. The van der Waals surface area contributed by atoms with Gasteiger partial charge in [-0.05, 0) is 6.92 Å². The molecule has 17 heavy (non-hydrogen) atoms. The second kappa shape index (κ2) is 6.23. The van der Waals surface area contributed by atoms with Crippen molar-refractivity contribution in [1.29, 1.82) is 0 Å². The summed E-state index contributed by atoms with van der Waals surface area (Å²) in [6.45, 7) is 1.96. The smallest absolute Gasteiger partial charge is 0.384 e. The van der Waals surface area contributed by atoms with Crippen molar-refractivity contribution in [2.45, 2.75) is 6.92 Å². The summed E-state index contributed by atoms with van der Waals surface area (Å²) < 4.78 is 9.05. The highest BCUT2D eigenvalue weighted by atomic mass is 16.5. The summed E-state index contributed by atoms with van der Waals surface area (Å²) in [5, 5.41) is 0. The molecule has 88 valence electrons. The Labute approximate surface area is 98.0 Å². The van der Waals surface area contributed by atoms with Gasteiger partial charge in [0.05, 0.1) is 19.3 Å². The number of carbonyl (C=O) groups excluding carboxylic acids is 2. The van der Waals surface area contributed by atoms with Crippen LogP contribution >= 0.6 is 0 Å². The molecule has 0 amide bonds. The molecule has 1 aromatic rings. The van der Waals surface area contributed by atoms with Gasteiger partial charge in [-0.15, -0.1) is 0 Å². The molecule has 0 radical (unpaired) electrons. The van der Waals surface area contributed by atoms with Crippen LogP contribution in [0, 0.1) is 11.8 Å². The molecule has 0 fully saturated rings. The fourth-order valence-electron chi connectivity index (χ4n) is 0.880. The number of carbonyl (C=O) groups is 2. The summed E-state index contributed by atoms with van der Waals surface area (Å²) in [5.41, 5.74) is 0.408. The highest BCUT2D eigenvalue weighted by Crippen LogP contribution is 1.95. The van der Waals surface area contributed by atoms with Crippen LogP contribution in [0.3, 0.4) is 0 Å². The Hall–Kier alpha value is -2.42. The van der Waals surface area contributed by atoms with Gasteiger partial charge < -0.3 is 9.47 Å². The number of hydrogen-bond acceptors (Lipinski definition) is 6. The van der Waals surface area contributed by atoms with Crippen LogP contribution in [0.2, 0.25) is 0 Å². The highest BCUT2D eigenvalue weighted by Gasteiger charge is 2.07. The lowest BCUT2D eigenvalue weighted by Gasteiger charge is -1.96. The van der Waals surface area contributed by atoms with Crippen molar-refractivity contribution >= 4 is 11.9 Å². The van der Waals surface area contributed by atoms with Crippen LogP contribution in [0.1, 0.15) is 23.1 Å². The first-order chi connectivity index (χ1) is 8.17. The van der Waals surface area contributed by atoms with Crippen molar-refractivity contribution in [3.8, 4) is 11.8 Å². The van der Waals surface area contributed by atoms with E-state index in [0.29, 0.717) is 5.56 Å². The molecule has 1 heterocycles. The molecule has 0 aliphatic rings. The first-order valence-electron chi connectivity index (χ1n) is 4.76. The fraction of sp³-hybridized carbons (Fsp3) is 0.273. The van der Waals surface area contributed by atoms with E-state index in [1.165, 1.54) is 19.5 Å². The molecule has 0 aromatic carbocycles. The Morgan fingerprint density at radius 1 is 1.35 bits per heavy atom. The van der Waals surface area contributed by atoms with Crippen molar-refractivity contribution in [3.05, 3.63) is 23.8 Å². The quantitative estimate of drug-likeness (QED) is 0.536. The number of ether oxygens (including phenoxy) is 2. The second-order valence-electron chi connectivity index (χ2n) is 2.76. The molecule has 6 nitrogen and oxygen atoms in total. The lowest BCUT2D eigenvalue weighted by Crippen LogP contribution is -2.07. The minimum atomic E-state index is -0.630. The molecule has 0 unspecified atom stereocenters. The van der Waals surface area contributed by atoms with E-state index in [0.717, 1.165) is 0 Å². The standard InChI is InChI=1S/C11H10N2O4/c1-3-17-9(14)5-4-8-6-12-10(13-7-8)11(15)16-2/h6-7H,3H2,1-2H3. The highest BCUT2D eigenvalue weighted by molar-refractivity contribution is 5.89. The van der Waals surface area contributed by atoms with Crippen molar-refractivity contribution in [2.24, 2.45) is 0 Å². The molecule has 6 heteroatoms. The number of esters is 2. The molecule has 0 saturated carbocycles. The largest absolute Gasteiger partial charge is 0.463 e. The number of aromatic nitrogens is 2. The van der Waals surface area contributed by atoms with Crippen molar-refractivity contribution in [3.63, 3.8) is 0 Å². The number of nitrogens with zero attached hydrogens (tertiary/aromatic N) is 2. The summed E-state index contributed by atoms with van der Waals surface area (Å²) >= 11 is 0. The molecule has 0 saturated heterocycles. The third-order valence-electron chi connectivity index (χ3n) is 1.60. The molecule has 0 atom stereocenters. The zero-order valence-electron chi connectivity index (χ0n) is 9.39. The van der Waals surface area contributed by atoms with Gasteiger partial charge in [-0.1, -0.05) is 5.92 Å². The first-order valence-corrected chi connectivity index (χ1v) is 4.76. The van der Waals surface area contributed by atoms with Gasteiger partial charge >= 0.3 is 11.9 Å². The van der Waals surface area contributed by atoms with Crippen LogP contribution in [-0.2, 0) is 14.3 Å². The molecular formula is C11H10N2O4. The third-order valence-corrected chi connectivity index (χ3v) is 1.60. The van der Waals surface area contributed by atoms with Crippen molar-refractivity contribution in [2.75, 3.05) is 13.7 Å². The van der Waals surface area contributed by atoms with E-state index in [9.17, 15) is 9.59 Å². The molecule has 1 rings (SSSR count). The number of hydrogen-bond donors (Lipinski definition) is 0. The molecule has 0 spiro atoms. The summed E-state index contributed by atoms with van der Waals surface area (Å²) in [5.74, 6) is 3.46. The van der Waals surface area contributed by atoms with E-state index in [2.05, 4.69) is 31.3 Å². The van der Waals surface area contributed by atoms with Gasteiger partial charge in [0.15, 0.2) is 0 Å². The average molecular weight is 234 g/mol. The van der Waals surface area contributed by atoms with E-state index >= 15 is 0 Å². The molecule has 0 N–H and O–H groups in total. The molecule has 1 aromatic heterocycles. The maximum Gasteiger partial charge on any atom is 0.384 e. The zero-order chi connectivity index (χ0) is 12.7. The maximum absolute atomic E-state index is 11.0. The zero-order valence-corrected chi connectivity index (χ0v) is 9.39. The van der Waals surface area contributed by atoms with Crippen LogP contribution < -0.4 is 0 Å². The van der Waals surface area contributed by atoms with Gasteiger partial charge in [0.2, 0.25) is 5.82 Å². The Bertz CT molecular complexity index is 470. The van der Waals surface area contributed by atoms with E-state index in [-0.39, 0.29) is 12.4 Å². The summed E-state index contributed by atoms with van der Waals surface area (Å²) in [7, 11) is 1.24. The Kier molecular flexibility index (Phi) is 4.63. The van der Waals surface area contributed by atoms with E-state index in [4.69, 9.17) is 0 Å². The summed E-state index contributed by atoms with van der Waals surface area (Å²) in [4.78, 5) is 29.4. The van der Waals surface area contributed by atoms with Crippen LogP contribution in [0.25, 0.3) is 0 Å². The second-order valence-corrected chi connectivity index (χ2v) is 2.76. The Morgan fingerprint density at radius 2 is 2.00 bits per heavy atom. The van der Waals surface area contributed by atoms with Gasteiger partial charge in [-0.2, -0.15) is 0 Å². The lowest BCUT2D eigenvalue weighted by atomic mass is 10.3. The van der Waals surface area contributed by atoms with Crippen molar-refractivity contribution in [1.82, 2.24) is 9.97 Å². The van der Waals surface area contributed by atoms with Crippen molar-refractivity contribution < 1.29 is 19.1 Å². The number of methoxy groups -OCH3 is 1. The summed E-state index contributed by atoms with van der Waals surface area (Å²) in [6, 6.07) is 0. The maximum atomic E-state index is 11.0. The lowest BCUT2D eigenvalue weighted by molar-refractivity contribution is -0.136. The monoisotopic (exact) mass is 234 g/mol. The topological polar surface area (TPSA) is 78.4 Å². The van der Waals surface area contributed by atoms with Crippen LogP contribution in [-0.4, -0.2) is 35.6 Å². The van der Waals surface area contributed by atoms with Gasteiger partial charge in [0.25, 0.3) is 0 Å². The summed E-state index contributed by atoms with van der Waals surface area (Å²) in [6.07, 6.45) is 2.65. The van der Waals surface area contributed by atoms with Gasteiger partial charge in [-0.25, -0.2) is 19.6 Å². The van der Waals surface area contributed by atoms with Gasteiger partial charge in [0, 0.05) is 18.3 Å². The van der Waals surface area contributed by atoms with E-state index in [1.807, 2.05) is 0 Å². The minimum Gasteiger partial charge on any atom is -0.463 e. The predicted molar refractivity (Wildman–Crippen MR) is 56.9 cm³/mol.